The van der Waals surface area contributed by atoms with E-state index >= 15 is 0 Å². The normalized spacial score (nSPS) is 11.0. The van der Waals surface area contributed by atoms with Gasteiger partial charge in [-0.3, -0.25) is 0 Å². The molecule has 0 saturated carbocycles. The van der Waals surface area contributed by atoms with Crippen LogP contribution in [0.1, 0.15) is 16.7 Å². The van der Waals surface area contributed by atoms with Crippen LogP contribution >= 0.6 is 25.3 Å². The molecule has 0 bridgehead atoms. The van der Waals surface area contributed by atoms with Gasteiger partial charge in [-0.25, -0.2) is 0 Å². The summed E-state index contributed by atoms with van der Waals surface area (Å²) >= 11 is 8.89. The van der Waals surface area contributed by atoms with Gasteiger partial charge in [0, 0.05) is 9.79 Å². The second-order valence-electron chi connectivity index (χ2n) is 4.01. The molecule has 78 valence electrons. The topological polar surface area (TPSA) is 0 Å². The monoisotopic (exact) mass is 234 g/mol. The van der Waals surface area contributed by atoms with Gasteiger partial charge in [-0.1, -0.05) is 0 Å². The zero-order valence-electron chi connectivity index (χ0n) is 9.13. The Morgan fingerprint density at radius 2 is 1.53 bits per heavy atom. The van der Waals surface area contributed by atoms with Crippen molar-refractivity contribution in [2.24, 2.45) is 0 Å². The Morgan fingerprint density at radius 3 is 2.20 bits per heavy atom. The van der Waals surface area contributed by atoms with Crippen LogP contribution in [-0.2, 0) is 0 Å². The molecule has 0 heterocycles. The second kappa shape index (κ2) is 3.76. The highest BCUT2D eigenvalue weighted by Crippen LogP contribution is 2.31. The van der Waals surface area contributed by atoms with Gasteiger partial charge in [0.1, 0.15) is 0 Å². The number of benzene rings is 2. The average Bonchev–Trinajstić information content (AvgIpc) is 2.13. The van der Waals surface area contributed by atoms with E-state index in [2.05, 4.69) is 64.2 Å². The quantitative estimate of drug-likeness (QED) is 0.622. The van der Waals surface area contributed by atoms with E-state index in [0.717, 1.165) is 9.79 Å². The van der Waals surface area contributed by atoms with Gasteiger partial charge >= 0.3 is 0 Å². The summed E-state index contributed by atoms with van der Waals surface area (Å²) in [5.41, 5.74) is 3.87. The summed E-state index contributed by atoms with van der Waals surface area (Å²) in [5.74, 6) is 0. The average molecular weight is 234 g/mol. The van der Waals surface area contributed by atoms with E-state index in [1.165, 1.54) is 27.5 Å². The van der Waals surface area contributed by atoms with E-state index in [-0.39, 0.29) is 0 Å². The third-order valence-electron chi connectivity index (χ3n) is 2.96. The number of aryl methyl sites for hydroxylation is 2. The van der Waals surface area contributed by atoms with Crippen molar-refractivity contribution in [2.45, 2.75) is 30.6 Å². The number of hydrogen-bond donors (Lipinski definition) is 2. The van der Waals surface area contributed by atoms with Crippen molar-refractivity contribution in [3.05, 3.63) is 34.9 Å². The van der Waals surface area contributed by atoms with Crippen LogP contribution < -0.4 is 0 Å². The van der Waals surface area contributed by atoms with Crippen LogP contribution in [0.4, 0.5) is 0 Å². The Kier molecular flexibility index (Phi) is 2.73. The van der Waals surface area contributed by atoms with Gasteiger partial charge in [0.25, 0.3) is 0 Å². The molecule has 0 aliphatic rings. The van der Waals surface area contributed by atoms with Crippen molar-refractivity contribution in [1.29, 1.82) is 0 Å². The molecule has 0 N–H and O–H groups in total. The Bertz CT molecular complexity index is 542. The maximum absolute atomic E-state index is 4.49. The lowest BCUT2D eigenvalue weighted by Gasteiger charge is -2.12. The van der Waals surface area contributed by atoms with Gasteiger partial charge < -0.3 is 0 Å². The number of rotatable bonds is 0. The molecule has 0 unspecified atom stereocenters. The molecule has 0 nitrogen and oxygen atoms in total. The van der Waals surface area contributed by atoms with Crippen LogP contribution in [0.25, 0.3) is 10.8 Å². The van der Waals surface area contributed by atoms with Crippen LogP contribution in [0.15, 0.2) is 28.0 Å². The van der Waals surface area contributed by atoms with E-state index in [1.807, 2.05) is 0 Å². The van der Waals surface area contributed by atoms with Crippen molar-refractivity contribution in [3.63, 3.8) is 0 Å². The third kappa shape index (κ3) is 1.77. The maximum atomic E-state index is 4.49. The van der Waals surface area contributed by atoms with Gasteiger partial charge in [-0.15, -0.1) is 25.3 Å². The fraction of sp³-hybridized carbons (Fsp3) is 0.231. The zero-order valence-corrected chi connectivity index (χ0v) is 10.9. The highest BCUT2D eigenvalue weighted by Gasteiger charge is 2.07. The van der Waals surface area contributed by atoms with Crippen molar-refractivity contribution in [2.75, 3.05) is 0 Å². The van der Waals surface area contributed by atoms with Gasteiger partial charge in [-0.2, -0.15) is 0 Å². The Balaban J connectivity index is 2.99. The lowest BCUT2D eigenvalue weighted by atomic mass is 9.97. The first-order chi connectivity index (χ1) is 7.00. The molecule has 0 atom stereocenters. The van der Waals surface area contributed by atoms with Crippen molar-refractivity contribution in [3.8, 4) is 0 Å². The number of hydrogen-bond acceptors (Lipinski definition) is 2. The minimum atomic E-state index is 1.01. The summed E-state index contributed by atoms with van der Waals surface area (Å²) in [7, 11) is 0. The Hall–Kier alpha value is -0.600. The van der Waals surface area contributed by atoms with Crippen molar-refractivity contribution >= 4 is 36.0 Å². The van der Waals surface area contributed by atoms with Gasteiger partial charge in [-0.05, 0) is 66.4 Å². The van der Waals surface area contributed by atoms with E-state index in [1.54, 1.807) is 0 Å². The largest absolute Gasteiger partial charge is 0.143 e. The molecule has 2 aromatic carbocycles. The van der Waals surface area contributed by atoms with E-state index in [0.29, 0.717) is 0 Å². The summed E-state index contributed by atoms with van der Waals surface area (Å²) in [5, 5.41) is 2.57. The molecular weight excluding hydrogens is 220 g/mol. The molecule has 0 fully saturated rings. The van der Waals surface area contributed by atoms with E-state index in [9.17, 15) is 0 Å². The molecule has 0 radical (unpaired) electrons. The molecule has 0 saturated heterocycles. The highest BCUT2D eigenvalue weighted by molar-refractivity contribution is 7.80. The second-order valence-corrected chi connectivity index (χ2v) is 5.00. The van der Waals surface area contributed by atoms with Crippen LogP contribution in [0, 0.1) is 20.8 Å². The van der Waals surface area contributed by atoms with Crippen LogP contribution in [0.5, 0.6) is 0 Å². The first-order valence-electron chi connectivity index (χ1n) is 4.93. The van der Waals surface area contributed by atoms with E-state index < -0.39 is 0 Å². The maximum Gasteiger partial charge on any atom is 0.00782 e. The van der Waals surface area contributed by atoms with Gasteiger partial charge in [0.05, 0.1) is 0 Å². The van der Waals surface area contributed by atoms with Gasteiger partial charge in [0.2, 0.25) is 0 Å². The molecule has 0 aromatic heterocycles. The summed E-state index contributed by atoms with van der Waals surface area (Å²) in [6, 6.07) is 6.32. The third-order valence-corrected chi connectivity index (χ3v) is 3.69. The van der Waals surface area contributed by atoms with Crippen molar-refractivity contribution < 1.29 is 0 Å². The molecule has 0 aliphatic heterocycles. The molecule has 15 heavy (non-hydrogen) atoms. The first-order valence-corrected chi connectivity index (χ1v) is 5.82. The minimum Gasteiger partial charge on any atom is -0.143 e. The SMILES string of the molecule is Cc1c(S)cc2cc(S)cc(C)c2c1C. The molecule has 2 heteroatoms. The van der Waals surface area contributed by atoms with Crippen LogP contribution in [0.3, 0.4) is 0 Å². The molecule has 2 rings (SSSR count). The van der Waals surface area contributed by atoms with Crippen LogP contribution in [-0.4, -0.2) is 0 Å². The summed E-state index contributed by atoms with van der Waals surface area (Å²) < 4.78 is 0. The smallest absolute Gasteiger partial charge is 0.00782 e. The fourth-order valence-electron chi connectivity index (χ4n) is 2.06. The molecule has 2 aromatic rings. The fourth-order valence-corrected chi connectivity index (χ4v) is 2.70. The summed E-state index contributed by atoms with van der Waals surface area (Å²) in [6.45, 7) is 6.40. The predicted molar refractivity (Wildman–Crippen MR) is 72.7 cm³/mol. The molecular formula is C13H14S2. The Labute approximate surface area is 102 Å². The zero-order chi connectivity index (χ0) is 11.2. The lowest BCUT2D eigenvalue weighted by molar-refractivity contribution is 1.25. The molecule has 0 amide bonds. The molecule has 0 spiro atoms. The van der Waals surface area contributed by atoms with E-state index in [4.69, 9.17) is 0 Å². The lowest BCUT2D eigenvalue weighted by Crippen LogP contribution is -1.89. The number of fused-ring (bicyclic) bond motifs is 1. The highest BCUT2D eigenvalue weighted by atomic mass is 32.1. The predicted octanol–water partition coefficient (Wildman–Crippen LogP) is 4.34. The van der Waals surface area contributed by atoms with Gasteiger partial charge in [0.15, 0.2) is 0 Å². The van der Waals surface area contributed by atoms with Crippen molar-refractivity contribution in [1.82, 2.24) is 0 Å². The van der Waals surface area contributed by atoms with Crippen LogP contribution in [0.2, 0.25) is 0 Å². The first kappa shape index (κ1) is 10.9. The number of thiol groups is 2. The standard InChI is InChI=1S/C13H14S2/c1-7-4-11(14)5-10-6-12(15)8(2)9(3)13(7)10/h4-6,14-15H,1-3H3. The Morgan fingerprint density at radius 1 is 0.867 bits per heavy atom. The summed E-state index contributed by atoms with van der Waals surface area (Å²) in [6.07, 6.45) is 0. The molecule has 0 aliphatic carbocycles. The summed E-state index contributed by atoms with van der Waals surface area (Å²) in [4.78, 5) is 2.06. The minimum absolute atomic E-state index is 1.01.